The molecule has 90 valence electrons. The Morgan fingerprint density at radius 3 is 2.82 bits per heavy atom. The summed E-state index contributed by atoms with van der Waals surface area (Å²) < 4.78 is 14.6. The molecule has 2 aromatic rings. The first-order valence-corrected chi connectivity index (χ1v) is 5.64. The molecule has 0 fully saturated rings. The first-order valence-electron chi connectivity index (χ1n) is 5.26. The van der Waals surface area contributed by atoms with Crippen LogP contribution in [-0.2, 0) is 7.05 Å². The summed E-state index contributed by atoms with van der Waals surface area (Å²) in [7, 11) is 1.85. The molecule has 0 saturated heterocycles. The molecule has 1 aromatic carbocycles. The summed E-state index contributed by atoms with van der Waals surface area (Å²) >= 11 is 5.99. The highest BCUT2D eigenvalue weighted by atomic mass is 35.5. The van der Waals surface area contributed by atoms with Gasteiger partial charge in [-0.05, 0) is 24.6 Å². The van der Waals surface area contributed by atoms with Gasteiger partial charge in [-0.1, -0.05) is 17.7 Å². The average Bonchev–Trinajstić information content (AvgIpc) is 2.63. The van der Waals surface area contributed by atoms with Gasteiger partial charge in [-0.2, -0.15) is 5.10 Å². The molecule has 0 aliphatic carbocycles. The fraction of sp³-hybridized carbons (Fsp3) is 0.250. The predicted octanol–water partition coefficient (Wildman–Crippen LogP) is 3.39. The van der Waals surface area contributed by atoms with Crippen LogP contribution in [0.4, 0.5) is 10.1 Å². The number of aryl methyl sites for hydroxylation is 1. The molecule has 0 bridgehead atoms. The van der Waals surface area contributed by atoms with E-state index >= 15 is 0 Å². The van der Waals surface area contributed by atoms with Crippen molar-refractivity contribution in [3.05, 3.63) is 47.0 Å². The van der Waals surface area contributed by atoms with Gasteiger partial charge in [-0.3, -0.25) is 4.68 Å². The lowest BCUT2D eigenvalue weighted by Crippen LogP contribution is -2.06. The molecule has 0 amide bonds. The maximum Gasteiger partial charge on any atom is 0.124 e. The van der Waals surface area contributed by atoms with Crippen molar-refractivity contribution in [1.29, 1.82) is 0 Å². The molecule has 5 heteroatoms. The first-order chi connectivity index (χ1) is 8.06. The standard InChI is InChI=1S/C12H13ClFN3/c1-8(16-10-6-15-17(2)7-10)11-4-3-9(14)5-12(11)13/h3-8,16H,1-2H3. The molecule has 0 radical (unpaired) electrons. The summed E-state index contributed by atoms with van der Waals surface area (Å²) in [6.45, 7) is 1.96. The van der Waals surface area contributed by atoms with E-state index in [4.69, 9.17) is 11.6 Å². The minimum absolute atomic E-state index is 0.00713. The Hall–Kier alpha value is -1.55. The highest BCUT2D eigenvalue weighted by Gasteiger charge is 2.10. The second-order valence-corrected chi connectivity index (χ2v) is 4.34. The SMILES string of the molecule is CC(Nc1cnn(C)c1)c1ccc(F)cc1Cl. The van der Waals surface area contributed by atoms with Crippen molar-refractivity contribution in [2.45, 2.75) is 13.0 Å². The van der Waals surface area contributed by atoms with Gasteiger partial charge in [0, 0.05) is 18.3 Å². The molecule has 0 saturated carbocycles. The van der Waals surface area contributed by atoms with E-state index in [1.54, 1.807) is 16.9 Å². The van der Waals surface area contributed by atoms with E-state index in [2.05, 4.69) is 10.4 Å². The summed E-state index contributed by atoms with van der Waals surface area (Å²) in [5, 5.41) is 7.74. The molecule has 1 N–H and O–H groups in total. The normalized spacial score (nSPS) is 12.5. The molecule has 1 atom stereocenters. The number of nitrogens with zero attached hydrogens (tertiary/aromatic N) is 2. The van der Waals surface area contributed by atoms with Crippen LogP contribution < -0.4 is 5.32 Å². The number of anilines is 1. The highest BCUT2D eigenvalue weighted by molar-refractivity contribution is 6.31. The lowest BCUT2D eigenvalue weighted by atomic mass is 10.1. The zero-order valence-corrected chi connectivity index (χ0v) is 10.4. The minimum Gasteiger partial charge on any atom is -0.376 e. The van der Waals surface area contributed by atoms with Crippen LogP contribution in [0.15, 0.2) is 30.6 Å². The van der Waals surface area contributed by atoms with Crippen molar-refractivity contribution in [1.82, 2.24) is 9.78 Å². The molecular weight excluding hydrogens is 241 g/mol. The van der Waals surface area contributed by atoms with Gasteiger partial charge < -0.3 is 5.32 Å². The summed E-state index contributed by atoms with van der Waals surface area (Å²) in [6.07, 6.45) is 3.60. The van der Waals surface area contributed by atoms with Gasteiger partial charge in [0.05, 0.1) is 17.9 Å². The van der Waals surface area contributed by atoms with Gasteiger partial charge in [0.2, 0.25) is 0 Å². The van der Waals surface area contributed by atoms with Crippen molar-refractivity contribution in [3.63, 3.8) is 0 Å². The fourth-order valence-corrected chi connectivity index (χ4v) is 2.01. The highest BCUT2D eigenvalue weighted by Crippen LogP contribution is 2.26. The zero-order chi connectivity index (χ0) is 12.4. The molecule has 1 heterocycles. The monoisotopic (exact) mass is 253 g/mol. The van der Waals surface area contributed by atoms with E-state index in [1.807, 2.05) is 20.2 Å². The third-order valence-electron chi connectivity index (χ3n) is 2.52. The summed E-state index contributed by atoms with van der Waals surface area (Å²) in [6, 6.07) is 4.40. The topological polar surface area (TPSA) is 29.9 Å². The third-order valence-corrected chi connectivity index (χ3v) is 2.84. The van der Waals surface area contributed by atoms with Crippen LogP contribution in [0.3, 0.4) is 0 Å². The predicted molar refractivity (Wildman–Crippen MR) is 66.7 cm³/mol. The second-order valence-electron chi connectivity index (χ2n) is 3.93. The summed E-state index contributed by atoms with van der Waals surface area (Å²) in [4.78, 5) is 0. The van der Waals surface area contributed by atoms with E-state index in [1.165, 1.54) is 12.1 Å². The smallest absolute Gasteiger partial charge is 0.124 e. The Morgan fingerprint density at radius 1 is 1.47 bits per heavy atom. The van der Waals surface area contributed by atoms with Crippen molar-refractivity contribution >= 4 is 17.3 Å². The largest absolute Gasteiger partial charge is 0.376 e. The summed E-state index contributed by atoms with van der Waals surface area (Å²) in [5.74, 6) is -0.327. The second kappa shape index (κ2) is 4.75. The molecule has 1 unspecified atom stereocenters. The van der Waals surface area contributed by atoms with Gasteiger partial charge in [0.15, 0.2) is 0 Å². The van der Waals surface area contributed by atoms with Gasteiger partial charge in [0.1, 0.15) is 5.82 Å². The minimum atomic E-state index is -0.327. The maximum atomic E-state index is 12.9. The van der Waals surface area contributed by atoms with Crippen molar-refractivity contribution in [2.75, 3.05) is 5.32 Å². The molecule has 2 rings (SSSR count). The van der Waals surface area contributed by atoms with Crippen LogP contribution >= 0.6 is 11.6 Å². The quantitative estimate of drug-likeness (QED) is 0.909. The van der Waals surface area contributed by atoms with Crippen LogP contribution in [0.5, 0.6) is 0 Å². The van der Waals surface area contributed by atoms with Crippen LogP contribution in [-0.4, -0.2) is 9.78 Å². The van der Waals surface area contributed by atoms with Crippen LogP contribution in [0, 0.1) is 5.82 Å². The van der Waals surface area contributed by atoms with Crippen molar-refractivity contribution in [2.24, 2.45) is 7.05 Å². The van der Waals surface area contributed by atoms with Gasteiger partial charge in [-0.25, -0.2) is 4.39 Å². The van der Waals surface area contributed by atoms with E-state index in [9.17, 15) is 4.39 Å². The van der Waals surface area contributed by atoms with E-state index in [0.29, 0.717) is 5.02 Å². The van der Waals surface area contributed by atoms with Crippen molar-refractivity contribution < 1.29 is 4.39 Å². The van der Waals surface area contributed by atoms with Gasteiger partial charge in [-0.15, -0.1) is 0 Å². The number of hydrogen-bond donors (Lipinski definition) is 1. The van der Waals surface area contributed by atoms with E-state index in [-0.39, 0.29) is 11.9 Å². The lowest BCUT2D eigenvalue weighted by molar-refractivity contribution is 0.626. The molecule has 1 aromatic heterocycles. The number of nitrogens with one attached hydrogen (secondary N) is 1. The maximum absolute atomic E-state index is 12.9. The van der Waals surface area contributed by atoms with Crippen molar-refractivity contribution in [3.8, 4) is 0 Å². The Balaban J connectivity index is 2.17. The Kier molecular flexibility index (Phi) is 3.33. The first kappa shape index (κ1) is 11.9. The molecule has 3 nitrogen and oxygen atoms in total. The number of halogens is 2. The summed E-state index contributed by atoms with van der Waals surface area (Å²) in [5.41, 5.74) is 1.76. The van der Waals surface area contributed by atoms with Gasteiger partial charge >= 0.3 is 0 Å². The van der Waals surface area contributed by atoms with Gasteiger partial charge in [0.25, 0.3) is 0 Å². The lowest BCUT2D eigenvalue weighted by Gasteiger charge is -2.15. The Morgan fingerprint density at radius 2 is 2.24 bits per heavy atom. The van der Waals surface area contributed by atoms with Crippen LogP contribution in [0.2, 0.25) is 5.02 Å². The Labute approximate surface area is 104 Å². The number of hydrogen-bond acceptors (Lipinski definition) is 2. The van der Waals surface area contributed by atoms with E-state index < -0.39 is 0 Å². The number of rotatable bonds is 3. The number of aromatic nitrogens is 2. The average molecular weight is 254 g/mol. The van der Waals surface area contributed by atoms with E-state index in [0.717, 1.165) is 11.3 Å². The zero-order valence-electron chi connectivity index (χ0n) is 9.61. The third kappa shape index (κ3) is 2.77. The Bertz CT molecular complexity index is 524. The molecule has 0 spiro atoms. The molecule has 0 aliphatic heterocycles. The number of benzene rings is 1. The molecular formula is C12H13ClFN3. The molecule has 17 heavy (non-hydrogen) atoms. The van der Waals surface area contributed by atoms with Crippen LogP contribution in [0.25, 0.3) is 0 Å². The fourth-order valence-electron chi connectivity index (χ4n) is 1.68. The van der Waals surface area contributed by atoms with Crippen LogP contribution in [0.1, 0.15) is 18.5 Å². The molecule has 0 aliphatic rings.